The normalized spacial score (nSPS) is 14.5. The Labute approximate surface area is 209 Å². The van der Waals surface area contributed by atoms with Gasteiger partial charge in [0.05, 0.1) is 17.7 Å². The molecule has 2 aromatic carbocycles. The standard InChI is InChI=1S/C27H24F6N2O2/c1-34(2)16-23-13-20-15-35(10-9-24(20)37-23)25(36)19-7-5-17(6-8-19)3-4-18-11-21(26(28,29)30)14-22(12-18)27(31,32)33/h3-8,11-14H,9-10,15-16H2,1-2H3/b4-3-. The quantitative estimate of drug-likeness (QED) is 0.275. The van der Waals surface area contributed by atoms with Crippen molar-refractivity contribution in [2.24, 2.45) is 0 Å². The summed E-state index contributed by atoms with van der Waals surface area (Å²) in [6.45, 7) is 1.58. The number of furan rings is 1. The largest absolute Gasteiger partial charge is 0.464 e. The summed E-state index contributed by atoms with van der Waals surface area (Å²) in [5, 5.41) is 0. The number of fused-ring (bicyclic) bond motifs is 1. The lowest BCUT2D eigenvalue weighted by molar-refractivity contribution is -0.143. The van der Waals surface area contributed by atoms with Gasteiger partial charge in [-0.15, -0.1) is 0 Å². The molecular weight excluding hydrogens is 498 g/mol. The highest BCUT2D eigenvalue weighted by molar-refractivity contribution is 5.94. The summed E-state index contributed by atoms with van der Waals surface area (Å²) >= 11 is 0. The van der Waals surface area contributed by atoms with E-state index in [1.54, 1.807) is 29.2 Å². The Balaban J connectivity index is 1.47. The molecule has 0 aliphatic carbocycles. The molecule has 0 N–H and O–H groups in total. The minimum atomic E-state index is -4.91. The maximum Gasteiger partial charge on any atom is 0.416 e. The molecule has 4 nitrogen and oxygen atoms in total. The molecule has 1 aliphatic rings. The zero-order chi connectivity index (χ0) is 27.0. The number of amides is 1. The highest BCUT2D eigenvalue weighted by Crippen LogP contribution is 2.36. The molecule has 2 heterocycles. The molecule has 0 unspecified atom stereocenters. The minimum Gasteiger partial charge on any atom is -0.464 e. The van der Waals surface area contributed by atoms with Crippen molar-refractivity contribution >= 4 is 18.1 Å². The Morgan fingerprint density at radius 3 is 2.08 bits per heavy atom. The van der Waals surface area contributed by atoms with E-state index in [0.29, 0.717) is 49.3 Å². The van der Waals surface area contributed by atoms with Crippen LogP contribution in [-0.2, 0) is 31.9 Å². The van der Waals surface area contributed by atoms with Gasteiger partial charge in [-0.05, 0) is 61.6 Å². The van der Waals surface area contributed by atoms with Crippen LogP contribution in [0.3, 0.4) is 0 Å². The molecule has 0 saturated heterocycles. The minimum absolute atomic E-state index is 0.0912. The first-order valence-corrected chi connectivity index (χ1v) is 11.4. The van der Waals surface area contributed by atoms with Gasteiger partial charge >= 0.3 is 12.4 Å². The first-order valence-electron chi connectivity index (χ1n) is 11.4. The van der Waals surface area contributed by atoms with Crippen molar-refractivity contribution in [1.82, 2.24) is 9.80 Å². The molecule has 3 aromatic rings. The third-order valence-electron chi connectivity index (χ3n) is 5.91. The summed E-state index contributed by atoms with van der Waals surface area (Å²) in [6, 6.07) is 9.71. The molecule has 0 bridgehead atoms. The number of benzene rings is 2. The van der Waals surface area contributed by atoms with Crippen molar-refractivity contribution in [1.29, 1.82) is 0 Å². The second kappa shape index (κ2) is 10.1. The lowest BCUT2D eigenvalue weighted by atomic mass is 10.0. The zero-order valence-electron chi connectivity index (χ0n) is 20.1. The maximum absolute atomic E-state index is 13.1. The van der Waals surface area contributed by atoms with Crippen LogP contribution in [0.2, 0.25) is 0 Å². The second-order valence-electron chi connectivity index (χ2n) is 9.17. The summed E-state index contributed by atoms with van der Waals surface area (Å²) in [5.74, 6) is 1.54. The van der Waals surface area contributed by atoms with Crippen molar-refractivity contribution in [2.45, 2.75) is 31.9 Å². The van der Waals surface area contributed by atoms with E-state index in [9.17, 15) is 31.1 Å². The van der Waals surface area contributed by atoms with Gasteiger partial charge in [0.25, 0.3) is 5.91 Å². The van der Waals surface area contributed by atoms with Crippen LogP contribution in [0.5, 0.6) is 0 Å². The van der Waals surface area contributed by atoms with Gasteiger partial charge in [-0.3, -0.25) is 4.79 Å². The van der Waals surface area contributed by atoms with E-state index in [1.807, 2.05) is 25.1 Å². The number of carbonyl (C=O) groups is 1. The third-order valence-corrected chi connectivity index (χ3v) is 5.91. The fraction of sp³-hybridized carbons (Fsp3) is 0.296. The van der Waals surface area contributed by atoms with Gasteiger partial charge < -0.3 is 14.2 Å². The molecule has 1 amide bonds. The third kappa shape index (κ3) is 6.43. The molecule has 0 atom stereocenters. The fourth-order valence-electron chi connectivity index (χ4n) is 4.14. The monoisotopic (exact) mass is 522 g/mol. The van der Waals surface area contributed by atoms with Gasteiger partial charge in [-0.2, -0.15) is 26.3 Å². The molecule has 1 aromatic heterocycles. The first kappa shape index (κ1) is 26.5. The van der Waals surface area contributed by atoms with E-state index in [-0.39, 0.29) is 17.5 Å². The number of nitrogens with zero attached hydrogens (tertiary/aromatic N) is 2. The Morgan fingerprint density at radius 2 is 1.51 bits per heavy atom. The lowest BCUT2D eigenvalue weighted by Crippen LogP contribution is -2.35. The molecule has 0 radical (unpaired) electrons. The Hall–Kier alpha value is -3.53. The summed E-state index contributed by atoms with van der Waals surface area (Å²) < 4.78 is 84.3. The van der Waals surface area contributed by atoms with Crippen LogP contribution in [0.25, 0.3) is 12.2 Å². The van der Waals surface area contributed by atoms with Crippen LogP contribution in [0.4, 0.5) is 26.3 Å². The highest BCUT2D eigenvalue weighted by Gasteiger charge is 2.36. The maximum atomic E-state index is 13.1. The van der Waals surface area contributed by atoms with Crippen LogP contribution in [0.15, 0.2) is 52.9 Å². The van der Waals surface area contributed by atoms with Crippen molar-refractivity contribution in [3.05, 3.63) is 93.4 Å². The van der Waals surface area contributed by atoms with Crippen molar-refractivity contribution < 1.29 is 35.6 Å². The van der Waals surface area contributed by atoms with Crippen molar-refractivity contribution in [3.8, 4) is 0 Å². The van der Waals surface area contributed by atoms with Crippen LogP contribution in [0, 0.1) is 0 Å². The second-order valence-corrected chi connectivity index (χ2v) is 9.17. The Morgan fingerprint density at radius 1 is 0.919 bits per heavy atom. The molecule has 0 fully saturated rings. The van der Waals surface area contributed by atoms with Crippen molar-refractivity contribution in [2.75, 3.05) is 20.6 Å². The molecule has 0 spiro atoms. The van der Waals surface area contributed by atoms with E-state index in [0.717, 1.165) is 17.1 Å². The smallest absolute Gasteiger partial charge is 0.416 e. The topological polar surface area (TPSA) is 36.7 Å². The van der Waals surface area contributed by atoms with Gasteiger partial charge in [0, 0.05) is 30.6 Å². The predicted molar refractivity (Wildman–Crippen MR) is 126 cm³/mol. The van der Waals surface area contributed by atoms with Gasteiger partial charge in [0.2, 0.25) is 0 Å². The summed E-state index contributed by atoms with van der Waals surface area (Å²) in [4.78, 5) is 16.7. The van der Waals surface area contributed by atoms with E-state index in [2.05, 4.69) is 0 Å². The Bertz CT molecular complexity index is 1270. The number of carbonyl (C=O) groups excluding carboxylic acids is 1. The fourth-order valence-corrected chi connectivity index (χ4v) is 4.14. The number of halogens is 6. The van der Waals surface area contributed by atoms with Gasteiger partial charge in [0.15, 0.2) is 0 Å². The van der Waals surface area contributed by atoms with Crippen LogP contribution < -0.4 is 0 Å². The van der Waals surface area contributed by atoms with Gasteiger partial charge in [0.1, 0.15) is 11.5 Å². The van der Waals surface area contributed by atoms with Crippen LogP contribution >= 0.6 is 0 Å². The molecule has 1 aliphatic heterocycles. The average Bonchev–Trinajstić information content (AvgIpc) is 3.22. The van der Waals surface area contributed by atoms with Crippen molar-refractivity contribution in [3.63, 3.8) is 0 Å². The molecule has 196 valence electrons. The lowest BCUT2D eigenvalue weighted by Gasteiger charge is -2.26. The summed E-state index contributed by atoms with van der Waals surface area (Å²) in [7, 11) is 3.88. The highest BCUT2D eigenvalue weighted by atomic mass is 19.4. The number of rotatable bonds is 5. The predicted octanol–water partition coefficient (Wildman–Crippen LogP) is 6.75. The first-order chi connectivity index (χ1) is 17.3. The van der Waals surface area contributed by atoms with Crippen LogP contribution in [0.1, 0.15) is 49.7 Å². The zero-order valence-corrected chi connectivity index (χ0v) is 20.1. The molecular formula is C27H24F6N2O2. The van der Waals surface area contributed by atoms with E-state index in [1.165, 1.54) is 12.2 Å². The van der Waals surface area contributed by atoms with E-state index < -0.39 is 23.5 Å². The number of alkyl halides is 6. The summed E-state index contributed by atoms with van der Waals surface area (Å²) in [6.07, 6.45) is -6.64. The molecule has 0 saturated carbocycles. The average molecular weight is 522 g/mol. The van der Waals surface area contributed by atoms with E-state index >= 15 is 0 Å². The van der Waals surface area contributed by atoms with Crippen LogP contribution in [-0.4, -0.2) is 36.3 Å². The van der Waals surface area contributed by atoms with Gasteiger partial charge in [-0.1, -0.05) is 24.3 Å². The molecule has 10 heteroatoms. The number of hydrogen-bond acceptors (Lipinski definition) is 3. The SMILES string of the molecule is CN(C)Cc1cc2c(o1)CCN(C(=O)c1ccc(/C=C\c3cc(C(F)(F)F)cc(C(F)(F)F)c3)cc1)C2. The Kier molecular flexibility index (Phi) is 7.23. The summed E-state index contributed by atoms with van der Waals surface area (Å²) in [5.41, 5.74) is -1.07. The van der Waals surface area contributed by atoms with Gasteiger partial charge in [-0.25, -0.2) is 0 Å². The van der Waals surface area contributed by atoms with E-state index in [4.69, 9.17) is 4.42 Å². The molecule has 37 heavy (non-hydrogen) atoms. The molecule has 4 rings (SSSR count). The number of hydrogen-bond donors (Lipinski definition) is 0.